The molecule has 0 aliphatic heterocycles. The van der Waals surface area contributed by atoms with Crippen molar-refractivity contribution in [1.29, 1.82) is 0 Å². The molecule has 2 atom stereocenters. The number of nitrogens with two attached hydrogens (primary N) is 1. The number of ether oxygens (including phenoxy) is 1. The summed E-state index contributed by atoms with van der Waals surface area (Å²) in [6.07, 6.45) is 1.32. The van der Waals surface area contributed by atoms with Crippen LogP contribution in [-0.2, 0) is 4.74 Å². The van der Waals surface area contributed by atoms with Gasteiger partial charge in [0.25, 0.3) is 0 Å². The topological polar surface area (TPSA) is 47.3 Å². The SMILES string of the molecule is CCCC(OCC)C(NN)c1cccc(F)c1F. The Hall–Kier alpha value is -1.04. The van der Waals surface area contributed by atoms with E-state index in [2.05, 4.69) is 5.43 Å². The lowest BCUT2D eigenvalue weighted by Gasteiger charge is -2.27. The molecule has 0 spiro atoms. The number of hydrogen-bond donors (Lipinski definition) is 2. The van der Waals surface area contributed by atoms with Gasteiger partial charge in [-0.05, 0) is 19.4 Å². The molecular weight excluding hydrogens is 238 g/mol. The zero-order valence-corrected chi connectivity index (χ0v) is 10.7. The summed E-state index contributed by atoms with van der Waals surface area (Å²) in [4.78, 5) is 0. The summed E-state index contributed by atoms with van der Waals surface area (Å²) < 4.78 is 32.5. The lowest BCUT2D eigenvalue weighted by Crippen LogP contribution is -2.38. The number of halogens is 2. The molecule has 3 nitrogen and oxygen atoms in total. The summed E-state index contributed by atoms with van der Waals surface area (Å²) in [6.45, 7) is 4.36. The van der Waals surface area contributed by atoms with Crippen LogP contribution in [0.5, 0.6) is 0 Å². The summed E-state index contributed by atoms with van der Waals surface area (Å²) in [5.74, 6) is 3.72. The molecule has 1 aromatic rings. The highest BCUT2D eigenvalue weighted by molar-refractivity contribution is 5.23. The van der Waals surface area contributed by atoms with E-state index in [9.17, 15) is 8.78 Å². The number of hydrazine groups is 1. The largest absolute Gasteiger partial charge is 0.376 e. The van der Waals surface area contributed by atoms with Crippen LogP contribution < -0.4 is 11.3 Å². The Bertz CT molecular complexity index is 368. The van der Waals surface area contributed by atoms with Gasteiger partial charge in [0.2, 0.25) is 0 Å². The van der Waals surface area contributed by atoms with Crippen molar-refractivity contribution in [3.05, 3.63) is 35.4 Å². The molecule has 0 saturated heterocycles. The van der Waals surface area contributed by atoms with E-state index in [-0.39, 0.29) is 11.7 Å². The molecule has 0 heterocycles. The van der Waals surface area contributed by atoms with Gasteiger partial charge in [0.05, 0.1) is 12.1 Å². The van der Waals surface area contributed by atoms with Gasteiger partial charge in [0.1, 0.15) is 0 Å². The molecule has 1 aromatic carbocycles. The third kappa shape index (κ3) is 3.48. The zero-order valence-electron chi connectivity index (χ0n) is 10.7. The van der Waals surface area contributed by atoms with Gasteiger partial charge in [-0.15, -0.1) is 0 Å². The molecule has 18 heavy (non-hydrogen) atoms. The summed E-state index contributed by atoms with van der Waals surface area (Å²) in [5.41, 5.74) is 2.72. The van der Waals surface area contributed by atoms with Crippen molar-refractivity contribution >= 4 is 0 Å². The first-order valence-electron chi connectivity index (χ1n) is 6.17. The summed E-state index contributed by atoms with van der Waals surface area (Å²) in [5, 5.41) is 0. The standard InChI is InChI=1S/C13H20F2N2O/c1-3-6-11(18-4-2)13(17-16)9-7-5-8-10(14)12(9)15/h5,7-8,11,13,17H,3-4,6,16H2,1-2H3. The summed E-state index contributed by atoms with van der Waals surface area (Å²) in [7, 11) is 0. The molecule has 2 unspecified atom stereocenters. The highest BCUT2D eigenvalue weighted by Crippen LogP contribution is 2.25. The van der Waals surface area contributed by atoms with Crippen LogP contribution in [0.15, 0.2) is 18.2 Å². The van der Waals surface area contributed by atoms with Crippen molar-refractivity contribution in [2.24, 2.45) is 5.84 Å². The van der Waals surface area contributed by atoms with Gasteiger partial charge in [-0.25, -0.2) is 8.78 Å². The molecule has 0 aliphatic rings. The number of benzene rings is 1. The van der Waals surface area contributed by atoms with E-state index < -0.39 is 17.7 Å². The molecule has 3 N–H and O–H groups in total. The first-order valence-corrected chi connectivity index (χ1v) is 6.17. The van der Waals surface area contributed by atoms with Gasteiger partial charge in [0.15, 0.2) is 11.6 Å². The van der Waals surface area contributed by atoms with Crippen LogP contribution >= 0.6 is 0 Å². The van der Waals surface area contributed by atoms with E-state index >= 15 is 0 Å². The van der Waals surface area contributed by atoms with Crippen LogP contribution in [0, 0.1) is 11.6 Å². The second-order valence-electron chi connectivity index (χ2n) is 4.07. The van der Waals surface area contributed by atoms with Crippen LogP contribution in [0.4, 0.5) is 8.78 Å². The van der Waals surface area contributed by atoms with Crippen molar-refractivity contribution in [2.45, 2.75) is 38.8 Å². The number of hydrogen-bond acceptors (Lipinski definition) is 3. The second kappa shape index (κ2) is 7.41. The molecule has 0 saturated carbocycles. The Labute approximate surface area is 106 Å². The fourth-order valence-corrected chi connectivity index (χ4v) is 2.00. The van der Waals surface area contributed by atoms with Crippen LogP contribution in [0.25, 0.3) is 0 Å². The van der Waals surface area contributed by atoms with E-state index in [4.69, 9.17) is 10.6 Å². The van der Waals surface area contributed by atoms with Crippen molar-refractivity contribution in [3.63, 3.8) is 0 Å². The number of rotatable bonds is 7. The molecule has 0 radical (unpaired) electrons. The molecule has 5 heteroatoms. The highest BCUT2D eigenvalue weighted by Gasteiger charge is 2.25. The van der Waals surface area contributed by atoms with E-state index in [1.165, 1.54) is 12.1 Å². The minimum atomic E-state index is -0.875. The summed E-state index contributed by atoms with van der Waals surface area (Å²) >= 11 is 0. The molecule has 0 amide bonds. The van der Waals surface area contributed by atoms with E-state index in [0.717, 1.165) is 18.9 Å². The van der Waals surface area contributed by atoms with Crippen LogP contribution in [0.1, 0.15) is 38.3 Å². The van der Waals surface area contributed by atoms with Crippen molar-refractivity contribution in [3.8, 4) is 0 Å². The Kier molecular flexibility index (Phi) is 6.18. The monoisotopic (exact) mass is 258 g/mol. The highest BCUT2D eigenvalue weighted by atomic mass is 19.2. The molecule has 102 valence electrons. The third-order valence-corrected chi connectivity index (χ3v) is 2.82. The average molecular weight is 258 g/mol. The minimum Gasteiger partial charge on any atom is -0.376 e. The lowest BCUT2D eigenvalue weighted by atomic mass is 9.98. The normalized spacial score (nSPS) is 14.5. The van der Waals surface area contributed by atoms with Crippen molar-refractivity contribution < 1.29 is 13.5 Å². The average Bonchev–Trinajstić information content (AvgIpc) is 2.36. The smallest absolute Gasteiger partial charge is 0.163 e. The molecule has 0 aromatic heterocycles. The molecule has 0 fully saturated rings. The quantitative estimate of drug-likeness (QED) is 0.584. The molecule has 1 rings (SSSR count). The maximum Gasteiger partial charge on any atom is 0.163 e. The Morgan fingerprint density at radius 2 is 2.06 bits per heavy atom. The van der Waals surface area contributed by atoms with Gasteiger partial charge >= 0.3 is 0 Å². The fraction of sp³-hybridized carbons (Fsp3) is 0.538. The Balaban J connectivity index is 3.02. The van der Waals surface area contributed by atoms with E-state index in [1.807, 2.05) is 13.8 Å². The second-order valence-corrected chi connectivity index (χ2v) is 4.07. The zero-order chi connectivity index (χ0) is 13.5. The Morgan fingerprint density at radius 3 is 2.61 bits per heavy atom. The molecule has 0 aliphatic carbocycles. The van der Waals surface area contributed by atoms with Crippen molar-refractivity contribution in [1.82, 2.24) is 5.43 Å². The van der Waals surface area contributed by atoms with Crippen molar-refractivity contribution in [2.75, 3.05) is 6.61 Å². The maximum absolute atomic E-state index is 13.8. The summed E-state index contributed by atoms with van der Waals surface area (Å²) in [6, 6.07) is 3.51. The van der Waals surface area contributed by atoms with Crippen LogP contribution in [-0.4, -0.2) is 12.7 Å². The van der Waals surface area contributed by atoms with Gasteiger partial charge in [-0.3, -0.25) is 11.3 Å². The Morgan fingerprint density at radius 1 is 1.33 bits per heavy atom. The third-order valence-electron chi connectivity index (χ3n) is 2.82. The fourth-order valence-electron chi connectivity index (χ4n) is 2.00. The molecule has 0 bridgehead atoms. The van der Waals surface area contributed by atoms with Gasteiger partial charge < -0.3 is 4.74 Å². The molecular formula is C13H20F2N2O. The van der Waals surface area contributed by atoms with Crippen LogP contribution in [0.3, 0.4) is 0 Å². The van der Waals surface area contributed by atoms with E-state index in [1.54, 1.807) is 0 Å². The number of nitrogens with one attached hydrogen (secondary N) is 1. The van der Waals surface area contributed by atoms with Gasteiger partial charge in [0, 0.05) is 12.2 Å². The van der Waals surface area contributed by atoms with E-state index in [0.29, 0.717) is 6.61 Å². The van der Waals surface area contributed by atoms with Gasteiger partial charge in [-0.2, -0.15) is 0 Å². The lowest BCUT2D eigenvalue weighted by molar-refractivity contribution is 0.0265. The van der Waals surface area contributed by atoms with Crippen LogP contribution in [0.2, 0.25) is 0 Å². The first-order chi connectivity index (χ1) is 8.65. The first kappa shape index (κ1) is 15.0. The van der Waals surface area contributed by atoms with Gasteiger partial charge in [-0.1, -0.05) is 25.5 Å². The predicted molar refractivity (Wildman–Crippen MR) is 66.7 cm³/mol. The predicted octanol–water partition coefficient (Wildman–Crippen LogP) is 2.67. The minimum absolute atomic E-state index is 0.199. The maximum atomic E-state index is 13.8.